The number of carbonyl (C=O) groups is 1. The van der Waals surface area contributed by atoms with Gasteiger partial charge >= 0.3 is 0 Å². The highest BCUT2D eigenvalue weighted by molar-refractivity contribution is 6.49. The Hall–Kier alpha value is -1.33. The van der Waals surface area contributed by atoms with E-state index in [4.69, 9.17) is 34.8 Å². The summed E-state index contributed by atoms with van der Waals surface area (Å²) in [5, 5.41) is 3.31. The molecule has 1 N–H and O–H groups in total. The number of amides is 1. The Morgan fingerprint density at radius 3 is 2.59 bits per heavy atom. The molecule has 0 atom stereocenters. The van der Waals surface area contributed by atoms with Gasteiger partial charge < -0.3 is 5.32 Å². The van der Waals surface area contributed by atoms with Crippen LogP contribution in [0.5, 0.6) is 0 Å². The fourth-order valence-electron chi connectivity index (χ4n) is 3.48. The largest absolute Gasteiger partial charge is 0.320 e. The van der Waals surface area contributed by atoms with Crippen LogP contribution in [-0.4, -0.2) is 28.9 Å². The lowest BCUT2D eigenvalue weighted by Crippen LogP contribution is -2.33. The lowest BCUT2D eigenvalue weighted by Gasteiger charge is -2.31. The van der Waals surface area contributed by atoms with E-state index in [9.17, 15) is 4.79 Å². The zero-order chi connectivity index (χ0) is 19.4. The van der Waals surface area contributed by atoms with Gasteiger partial charge in [-0.1, -0.05) is 72.3 Å². The molecule has 1 aliphatic rings. The highest BCUT2D eigenvalue weighted by Crippen LogP contribution is 2.32. The molecule has 0 spiro atoms. The van der Waals surface area contributed by atoms with E-state index in [0.717, 1.165) is 17.8 Å². The van der Waals surface area contributed by atoms with Crippen LogP contribution in [0.25, 0.3) is 0 Å². The molecular formula is C20H22Cl3N3O. The average Bonchev–Trinajstić information content (AvgIpc) is 2.68. The van der Waals surface area contributed by atoms with Gasteiger partial charge in [0, 0.05) is 24.5 Å². The Labute approximate surface area is 174 Å². The number of hydrogen-bond donors (Lipinski definition) is 1. The van der Waals surface area contributed by atoms with Crippen LogP contribution < -0.4 is 5.32 Å². The molecule has 0 saturated heterocycles. The molecule has 0 radical (unpaired) electrons. The second-order valence-corrected chi connectivity index (χ2v) is 8.06. The van der Waals surface area contributed by atoms with Crippen LogP contribution in [0.15, 0.2) is 30.5 Å². The monoisotopic (exact) mass is 425 g/mol. The summed E-state index contributed by atoms with van der Waals surface area (Å²) >= 11 is 18.1. The summed E-state index contributed by atoms with van der Waals surface area (Å²) in [6, 6.07) is 8.37. The number of carbonyl (C=O) groups excluding carboxylic acids is 1. The lowest BCUT2D eigenvalue weighted by atomic mass is 9.94. The van der Waals surface area contributed by atoms with Crippen LogP contribution in [0.4, 0.5) is 5.69 Å². The number of hydrogen-bond acceptors (Lipinski definition) is 3. The predicted molar refractivity (Wildman–Crippen MR) is 112 cm³/mol. The van der Waals surface area contributed by atoms with Crippen molar-refractivity contribution in [2.45, 2.75) is 44.7 Å². The molecule has 0 unspecified atom stereocenters. The van der Waals surface area contributed by atoms with E-state index in [0.29, 0.717) is 6.04 Å². The minimum atomic E-state index is -0.411. The Bertz CT molecular complexity index is 822. The molecule has 1 aromatic carbocycles. The maximum atomic E-state index is 12.7. The SMILES string of the molecule is CN(Cc1ccccc1NC(=O)c1ncc(Cl)c(Cl)c1Cl)C1CCCCC1. The normalized spacial score (nSPS) is 15.1. The van der Waals surface area contributed by atoms with Crippen molar-refractivity contribution in [3.05, 3.63) is 56.8 Å². The summed E-state index contributed by atoms with van der Waals surface area (Å²) in [5.74, 6) is -0.411. The number of aromatic nitrogens is 1. The van der Waals surface area contributed by atoms with Gasteiger partial charge in [0.15, 0.2) is 0 Å². The molecule has 2 aromatic rings. The van der Waals surface area contributed by atoms with Crippen LogP contribution >= 0.6 is 34.8 Å². The van der Waals surface area contributed by atoms with Crippen LogP contribution in [0.1, 0.15) is 48.2 Å². The number of benzene rings is 1. The van der Waals surface area contributed by atoms with E-state index in [1.54, 1.807) is 0 Å². The van der Waals surface area contributed by atoms with Crippen LogP contribution in [0, 0.1) is 0 Å². The van der Waals surface area contributed by atoms with Crippen molar-refractivity contribution in [2.24, 2.45) is 0 Å². The molecule has 1 saturated carbocycles. The first-order chi connectivity index (χ1) is 13.0. The van der Waals surface area contributed by atoms with E-state index < -0.39 is 5.91 Å². The second kappa shape index (κ2) is 9.24. The van der Waals surface area contributed by atoms with Crippen molar-refractivity contribution in [3.63, 3.8) is 0 Å². The molecule has 0 bridgehead atoms. The van der Waals surface area contributed by atoms with Gasteiger partial charge in [-0.15, -0.1) is 0 Å². The molecule has 144 valence electrons. The van der Waals surface area contributed by atoms with Crippen LogP contribution in [-0.2, 0) is 6.54 Å². The maximum Gasteiger partial charge on any atom is 0.275 e. The Morgan fingerprint density at radius 1 is 1.15 bits per heavy atom. The van der Waals surface area contributed by atoms with Crippen molar-refractivity contribution < 1.29 is 4.79 Å². The molecule has 1 heterocycles. The second-order valence-electron chi connectivity index (χ2n) is 6.90. The predicted octanol–water partition coefficient (Wildman–Crippen LogP) is 6.06. The van der Waals surface area contributed by atoms with E-state index in [-0.39, 0.29) is 20.8 Å². The number of pyridine rings is 1. The molecule has 7 heteroatoms. The van der Waals surface area contributed by atoms with E-state index in [1.165, 1.54) is 38.3 Å². The van der Waals surface area contributed by atoms with Crippen LogP contribution in [0.3, 0.4) is 0 Å². The third-order valence-electron chi connectivity index (χ3n) is 5.02. The Morgan fingerprint density at radius 2 is 1.85 bits per heavy atom. The van der Waals surface area contributed by atoms with Gasteiger partial charge in [-0.3, -0.25) is 9.69 Å². The van der Waals surface area contributed by atoms with Gasteiger partial charge in [-0.2, -0.15) is 0 Å². The Kier molecular flexibility index (Phi) is 6.99. The average molecular weight is 427 g/mol. The molecule has 1 fully saturated rings. The highest BCUT2D eigenvalue weighted by Gasteiger charge is 2.21. The first-order valence-electron chi connectivity index (χ1n) is 9.06. The minimum absolute atomic E-state index is 0.0541. The summed E-state index contributed by atoms with van der Waals surface area (Å²) < 4.78 is 0. The van der Waals surface area contributed by atoms with Crippen molar-refractivity contribution in [2.75, 3.05) is 12.4 Å². The molecule has 1 amide bonds. The summed E-state index contributed by atoms with van der Waals surface area (Å²) in [4.78, 5) is 19.1. The van der Waals surface area contributed by atoms with Crippen molar-refractivity contribution in [1.82, 2.24) is 9.88 Å². The van der Waals surface area contributed by atoms with Crippen LogP contribution in [0.2, 0.25) is 15.1 Å². The first kappa shape index (κ1) is 20.4. The zero-order valence-corrected chi connectivity index (χ0v) is 17.4. The van der Waals surface area contributed by atoms with Crippen molar-refractivity contribution in [1.29, 1.82) is 0 Å². The van der Waals surface area contributed by atoms with Gasteiger partial charge in [-0.25, -0.2) is 4.98 Å². The van der Waals surface area contributed by atoms with E-state index in [2.05, 4.69) is 22.2 Å². The summed E-state index contributed by atoms with van der Waals surface area (Å²) in [5.41, 5.74) is 1.85. The summed E-state index contributed by atoms with van der Waals surface area (Å²) in [7, 11) is 2.14. The number of para-hydroxylation sites is 1. The Balaban J connectivity index is 1.76. The first-order valence-corrected chi connectivity index (χ1v) is 10.2. The highest BCUT2D eigenvalue weighted by atomic mass is 35.5. The van der Waals surface area contributed by atoms with Gasteiger partial charge in [-0.05, 0) is 31.5 Å². The summed E-state index contributed by atoms with van der Waals surface area (Å²) in [6.45, 7) is 0.768. The number of nitrogens with zero attached hydrogens (tertiary/aromatic N) is 2. The number of halogens is 3. The standard InChI is InChI=1S/C20H22Cl3N3O/c1-26(14-8-3-2-4-9-14)12-13-7-5-6-10-16(13)25-20(27)19-18(23)17(22)15(21)11-24-19/h5-7,10-11,14H,2-4,8-9,12H2,1H3,(H,25,27). The third-order valence-corrected chi connectivity index (χ3v) is 6.26. The van der Waals surface area contributed by atoms with Gasteiger partial charge in [0.25, 0.3) is 5.91 Å². The smallest absolute Gasteiger partial charge is 0.275 e. The van der Waals surface area contributed by atoms with Crippen molar-refractivity contribution in [3.8, 4) is 0 Å². The molecule has 1 aromatic heterocycles. The molecule has 27 heavy (non-hydrogen) atoms. The number of nitrogens with one attached hydrogen (secondary N) is 1. The fraction of sp³-hybridized carbons (Fsp3) is 0.400. The van der Waals surface area contributed by atoms with Gasteiger partial charge in [0.2, 0.25) is 0 Å². The van der Waals surface area contributed by atoms with Crippen molar-refractivity contribution >= 4 is 46.4 Å². The lowest BCUT2D eigenvalue weighted by molar-refractivity contribution is 0.102. The quantitative estimate of drug-likeness (QED) is 0.632. The number of anilines is 1. The maximum absolute atomic E-state index is 12.7. The number of rotatable bonds is 5. The zero-order valence-electron chi connectivity index (χ0n) is 15.1. The van der Waals surface area contributed by atoms with Gasteiger partial charge in [0.1, 0.15) is 5.69 Å². The van der Waals surface area contributed by atoms with E-state index >= 15 is 0 Å². The third kappa shape index (κ3) is 4.94. The van der Waals surface area contributed by atoms with E-state index in [1.807, 2.05) is 24.3 Å². The minimum Gasteiger partial charge on any atom is -0.320 e. The molecule has 3 rings (SSSR count). The van der Waals surface area contributed by atoms with Gasteiger partial charge in [0.05, 0.1) is 15.1 Å². The topological polar surface area (TPSA) is 45.2 Å². The molecule has 4 nitrogen and oxygen atoms in total. The molecular weight excluding hydrogens is 405 g/mol. The fourth-order valence-corrected chi connectivity index (χ4v) is 4.05. The summed E-state index contributed by atoms with van der Waals surface area (Å²) in [6.07, 6.45) is 7.69. The molecule has 1 aliphatic carbocycles. The molecule has 0 aliphatic heterocycles.